The van der Waals surface area contributed by atoms with Gasteiger partial charge >= 0.3 is 0 Å². The molecule has 1 unspecified atom stereocenters. The zero-order valence-corrected chi connectivity index (χ0v) is 12.3. The van der Waals surface area contributed by atoms with Gasteiger partial charge in [0.05, 0.1) is 10.4 Å². The van der Waals surface area contributed by atoms with Crippen LogP contribution in [-0.2, 0) is 11.1 Å². The van der Waals surface area contributed by atoms with Crippen LogP contribution in [0.15, 0.2) is 65.6 Å². The summed E-state index contributed by atoms with van der Waals surface area (Å²) in [7, 11) is 0. The zero-order chi connectivity index (χ0) is 15.1. The number of nitrogens with one attached hydrogen (secondary N) is 1. The van der Waals surface area contributed by atoms with Crippen molar-refractivity contribution >= 4 is 32.8 Å². The molecule has 0 aliphatic carbocycles. The quantitative estimate of drug-likeness (QED) is 0.551. The Morgan fingerprint density at radius 3 is 2.45 bits per heavy atom. The fraction of sp³-hybridized carbons (Fsp3) is 0. The predicted octanol–water partition coefficient (Wildman–Crippen LogP) is 3.96. The van der Waals surface area contributed by atoms with Crippen molar-refractivity contribution in [1.82, 2.24) is 10.2 Å². The molecule has 0 spiro atoms. The van der Waals surface area contributed by atoms with Crippen molar-refractivity contribution < 1.29 is 8.76 Å². The van der Waals surface area contributed by atoms with Gasteiger partial charge in [0.1, 0.15) is 5.69 Å². The molecule has 1 heterocycles. The number of benzene rings is 3. The Balaban J connectivity index is 2.17. The number of hydrogen-bond donors (Lipinski definition) is 2. The SMILES string of the molecule is O=S(O)c1ccc2ccccc2c1-c1n[nH]c2ccccc12. The molecule has 1 atom stereocenters. The molecule has 0 saturated carbocycles. The van der Waals surface area contributed by atoms with Crippen molar-refractivity contribution in [3.63, 3.8) is 0 Å². The second-order valence-corrected chi connectivity index (χ2v) is 5.96. The lowest BCUT2D eigenvalue weighted by atomic mass is 10.00. The fourth-order valence-corrected chi connectivity index (χ4v) is 3.36. The van der Waals surface area contributed by atoms with Crippen LogP contribution in [-0.4, -0.2) is 19.0 Å². The maximum Gasteiger partial charge on any atom is 0.187 e. The molecular formula is C17H12N2O2S. The van der Waals surface area contributed by atoms with E-state index in [0.717, 1.165) is 21.7 Å². The van der Waals surface area contributed by atoms with Gasteiger partial charge in [-0.25, -0.2) is 4.21 Å². The van der Waals surface area contributed by atoms with Gasteiger partial charge in [0.25, 0.3) is 0 Å². The lowest BCUT2D eigenvalue weighted by Crippen LogP contribution is -1.95. The van der Waals surface area contributed by atoms with Crippen molar-refractivity contribution in [2.75, 3.05) is 0 Å². The van der Waals surface area contributed by atoms with Gasteiger partial charge in [-0.15, -0.1) is 0 Å². The van der Waals surface area contributed by atoms with Crippen LogP contribution in [0.5, 0.6) is 0 Å². The first-order chi connectivity index (χ1) is 10.8. The molecule has 4 nitrogen and oxygen atoms in total. The Labute approximate surface area is 129 Å². The molecular weight excluding hydrogens is 296 g/mol. The third-order valence-electron chi connectivity index (χ3n) is 3.79. The first-order valence-corrected chi connectivity index (χ1v) is 7.92. The molecule has 0 amide bonds. The summed E-state index contributed by atoms with van der Waals surface area (Å²) in [5, 5.41) is 10.2. The van der Waals surface area contributed by atoms with Crippen LogP contribution in [0.25, 0.3) is 32.9 Å². The van der Waals surface area contributed by atoms with Crippen LogP contribution in [0, 0.1) is 0 Å². The van der Waals surface area contributed by atoms with Gasteiger partial charge in [-0.2, -0.15) is 5.10 Å². The molecule has 0 saturated heterocycles. The van der Waals surface area contributed by atoms with Crippen LogP contribution in [0.4, 0.5) is 0 Å². The Kier molecular flexibility index (Phi) is 3.03. The number of aromatic nitrogens is 2. The summed E-state index contributed by atoms with van der Waals surface area (Å²) < 4.78 is 21.4. The number of H-pyrrole nitrogens is 1. The molecule has 4 rings (SSSR count). The highest BCUT2D eigenvalue weighted by Crippen LogP contribution is 2.36. The normalized spacial score (nSPS) is 12.8. The van der Waals surface area contributed by atoms with Gasteiger partial charge in [-0.1, -0.05) is 48.5 Å². The summed E-state index contributed by atoms with van der Waals surface area (Å²) in [5.41, 5.74) is 2.31. The fourth-order valence-electron chi connectivity index (χ4n) is 2.80. The van der Waals surface area contributed by atoms with Crippen molar-refractivity contribution in [2.45, 2.75) is 4.90 Å². The second kappa shape index (κ2) is 5.05. The average Bonchev–Trinajstić information content (AvgIpc) is 2.97. The molecule has 3 aromatic carbocycles. The number of nitrogens with zero attached hydrogens (tertiary/aromatic N) is 1. The maximum absolute atomic E-state index is 11.8. The summed E-state index contributed by atoms with van der Waals surface area (Å²) in [6.07, 6.45) is 0. The lowest BCUT2D eigenvalue weighted by molar-refractivity contribution is 0.565. The van der Waals surface area contributed by atoms with E-state index in [2.05, 4.69) is 10.2 Å². The number of hydrogen-bond acceptors (Lipinski definition) is 2. The molecule has 2 N–H and O–H groups in total. The summed E-state index contributed by atoms with van der Waals surface area (Å²) in [6.45, 7) is 0. The number of rotatable bonds is 2. The first kappa shape index (κ1) is 13.2. The highest BCUT2D eigenvalue weighted by Gasteiger charge is 2.18. The van der Waals surface area contributed by atoms with Crippen LogP contribution in [0.1, 0.15) is 0 Å². The minimum absolute atomic E-state index is 0.371. The predicted molar refractivity (Wildman–Crippen MR) is 88.1 cm³/mol. The van der Waals surface area contributed by atoms with Crippen LogP contribution < -0.4 is 0 Å². The molecule has 0 radical (unpaired) electrons. The number of fused-ring (bicyclic) bond motifs is 2. The number of aromatic amines is 1. The Morgan fingerprint density at radius 2 is 1.64 bits per heavy atom. The van der Waals surface area contributed by atoms with Crippen molar-refractivity contribution in [3.8, 4) is 11.3 Å². The molecule has 0 bridgehead atoms. The maximum atomic E-state index is 11.8. The first-order valence-electron chi connectivity index (χ1n) is 6.82. The van der Waals surface area contributed by atoms with Gasteiger partial charge in [-0.3, -0.25) is 5.10 Å². The molecule has 4 aromatic rings. The van der Waals surface area contributed by atoms with Crippen molar-refractivity contribution in [3.05, 3.63) is 60.7 Å². The molecule has 0 aliphatic rings. The summed E-state index contributed by atoms with van der Waals surface area (Å²) in [4.78, 5) is 0.371. The topological polar surface area (TPSA) is 66.0 Å². The van der Waals surface area contributed by atoms with E-state index < -0.39 is 11.1 Å². The minimum atomic E-state index is -2.08. The van der Waals surface area contributed by atoms with Gasteiger partial charge in [0.2, 0.25) is 0 Å². The Hall–Kier alpha value is -2.50. The van der Waals surface area contributed by atoms with Crippen molar-refractivity contribution in [1.29, 1.82) is 0 Å². The van der Waals surface area contributed by atoms with Gasteiger partial charge in [-0.05, 0) is 22.9 Å². The molecule has 1 aromatic heterocycles. The summed E-state index contributed by atoms with van der Waals surface area (Å²) >= 11 is -2.08. The highest BCUT2D eigenvalue weighted by molar-refractivity contribution is 7.79. The van der Waals surface area contributed by atoms with E-state index >= 15 is 0 Å². The highest BCUT2D eigenvalue weighted by atomic mass is 32.2. The van der Waals surface area contributed by atoms with Crippen LogP contribution in [0.3, 0.4) is 0 Å². The van der Waals surface area contributed by atoms with E-state index in [-0.39, 0.29) is 0 Å². The lowest BCUT2D eigenvalue weighted by Gasteiger charge is -2.09. The third-order valence-corrected chi connectivity index (χ3v) is 4.50. The van der Waals surface area contributed by atoms with E-state index in [1.807, 2.05) is 54.6 Å². The van der Waals surface area contributed by atoms with Crippen LogP contribution in [0.2, 0.25) is 0 Å². The molecule has 108 valence electrons. The van der Waals surface area contributed by atoms with E-state index in [0.29, 0.717) is 16.2 Å². The van der Waals surface area contributed by atoms with E-state index in [4.69, 9.17) is 0 Å². The molecule has 22 heavy (non-hydrogen) atoms. The average molecular weight is 308 g/mol. The van der Waals surface area contributed by atoms with E-state index in [1.54, 1.807) is 6.07 Å². The molecule has 0 aliphatic heterocycles. The monoisotopic (exact) mass is 308 g/mol. The smallest absolute Gasteiger partial charge is 0.187 e. The van der Waals surface area contributed by atoms with Gasteiger partial charge < -0.3 is 4.55 Å². The largest absolute Gasteiger partial charge is 0.302 e. The second-order valence-electron chi connectivity index (χ2n) is 5.03. The van der Waals surface area contributed by atoms with E-state index in [1.165, 1.54) is 0 Å². The summed E-state index contributed by atoms with van der Waals surface area (Å²) in [6, 6.07) is 19.1. The molecule has 0 fully saturated rings. The van der Waals surface area contributed by atoms with Gasteiger partial charge in [0.15, 0.2) is 11.1 Å². The third kappa shape index (κ3) is 1.94. The van der Waals surface area contributed by atoms with Gasteiger partial charge in [0, 0.05) is 10.9 Å². The van der Waals surface area contributed by atoms with Crippen molar-refractivity contribution in [2.24, 2.45) is 0 Å². The minimum Gasteiger partial charge on any atom is -0.302 e. The summed E-state index contributed by atoms with van der Waals surface area (Å²) in [5.74, 6) is 0. The van der Waals surface area contributed by atoms with E-state index in [9.17, 15) is 8.76 Å². The Bertz CT molecular complexity index is 1020. The molecule has 5 heteroatoms. The van der Waals surface area contributed by atoms with Crippen LogP contribution >= 0.6 is 0 Å². The number of para-hydroxylation sites is 1. The zero-order valence-electron chi connectivity index (χ0n) is 11.5. The standard InChI is InChI=1S/C17H12N2O2S/c20-22(21)15-10-9-11-5-1-2-6-12(11)16(15)17-13-7-3-4-8-14(13)18-19-17/h1-10H,(H,18,19)(H,20,21). The Morgan fingerprint density at radius 1 is 0.909 bits per heavy atom.